The average molecular weight is 271 g/mol. The molecule has 0 aliphatic carbocycles. The molecule has 0 saturated carbocycles. The molecule has 0 aromatic carbocycles. The summed E-state index contributed by atoms with van der Waals surface area (Å²) < 4.78 is 39.5. The first-order valence-electron chi connectivity index (χ1n) is 5.32. The third-order valence-corrected chi connectivity index (χ3v) is 2.26. The van der Waals surface area contributed by atoms with Crippen LogP contribution in [-0.4, -0.2) is 54.4 Å². The number of alkyl halides is 3. The maximum atomic E-state index is 11.7. The van der Waals surface area contributed by atoms with Crippen molar-refractivity contribution < 1.29 is 32.6 Å². The van der Waals surface area contributed by atoms with Crippen LogP contribution >= 0.6 is 0 Å². The monoisotopic (exact) mass is 271 g/mol. The van der Waals surface area contributed by atoms with Gasteiger partial charge in [-0.25, -0.2) is 4.79 Å². The fourth-order valence-corrected chi connectivity index (χ4v) is 1.31. The summed E-state index contributed by atoms with van der Waals surface area (Å²) in [6, 6.07) is -0.972. The lowest BCUT2D eigenvalue weighted by molar-refractivity contribution is -0.175. The van der Waals surface area contributed by atoms with Gasteiger partial charge < -0.3 is 14.7 Å². The van der Waals surface area contributed by atoms with Gasteiger partial charge in [-0.1, -0.05) is 6.92 Å². The Balaban J connectivity index is 4.05. The smallest absolute Gasteiger partial charge is 0.411 e. The summed E-state index contributed by atoms with van der Waals surface area (Å²) in [7, 11) is 1.30. The van der Waals surface area contributed by atoms with Gasteiger partial charge in [0.15, 0.2) is 0 Å². The van der Waals surface area contributed by atoms with Crippen LogP contribution in [0.3, 0.4) is 0 Å². The van der Waals surface area contributed by atoms with E-state index in [1.807, 2.05) is 0 Å². The molecule has 5 nitrogen and oxygen atoms in total. The lowest BCUT2D eigenvalue weighted by Crippen LogP contribution is -2.42. The summed E-state index contributed by atoms with van der Waals surface area (Å²) >= 11 is 0. The molecule has 0 heterocycles. The van der Waals surface area contributed by atoms with Crippen LogP contribution in [0.5, 0.6) is 0 Å². The molecule has 0 aliphatic rings. The predicted octanol–water partition coefficient (Wildman–Crippen LogP) is 1.28. The number of nitrogens with zero attached hydrogens (tertiary/aromatic N) is 1. The van der Waals surface area contributed by atoms with Crippen LogP contribution in [0.2, 0.25) is 0 Å². The van der Waals surface area contributed by atoms with E-state index >= 15 is 0 Å². The van der Waals surface area contributed by atoms with Crippen LogP contribution in [0.1, 0.15) is 19.8 Å². The van der Waals surface area contributed by atoms with Gasteiger partial charge in [0.1, 0.15) is 12.6 Å². The maximum Gasteiger partial charge on any atom is 0.411 e. The Labute approximate surface area is 103 Å². The highest BCUT2D eigenvalue weighted by Crippen LogP contribution is 2.14. The highest BCUT2D eigenvalue weighted by atomic mass is 19.4. The zero-order valence-electron chi connectivity index (χ0n) is 10.2. The summed E-state index contributed by atoms with van der Waals surface area (Å²) in [5, 5.41) is 8.80. The third-order valence-electron chi connectivity index (χ3n) is 2.26. The number of aliphatic carboxylic acids is 1. The van der Waals surface area contributed by atoms with E-state index in [9.17, 15) is 22.8 Å². The Hall–Kier alpha value is -1.31. The summed E-state index contributed by atoms with van der Waals surface area (Å²) in [6.07, 6.45) is -4.49. The zero-order chi connectivity index (χ0) is 14.3. The second-order valence-electron chi connectivity index (χ2n) is 3.68. The van der Waals surface area contributed by atoms with E-state index in [1.165, 1.54) is 7.05 Å². The van der Waals surface area contributed by atoms with Crippen molar-refractivity contribution in [2.75, 3.05) is 20.3 Å². The maximum absolute atomic E-state index is 11.7. The number of carboxylic acids is 1. The van der Waals surface area contributed by atoms with Gasteiger partial charge in [0.05, 0.1) is 13.0 Å². The van der Waals surface area contributed by atoms with Crippen molar-refractivity contribution in [3.63, 3.8) is 0 Å². The van der Waals surface area contributed by atoms with Gasteiger partial charge >= 0.3 is 12.1 Å². The van der Waals surface area contributed by atoms with Crippen molar-refractivity contribution in [1.29, 1.82) is 0 Å². The summed E-state index contributed by atoms with van der Waals surface area (Å²) in [5.41, 5.74) is 0. The first kappa shape index (κ1) is 16.7. The number of likely N-dealkylation sites (N-methyl/N-ethyl adjacent to an activating group) is 1. The Bertz CT molecular complexity index is 293. The second kappa shape index (κ2) is 7.20. The molecule has 0 bridgehead atoms. The lowest BCUT2D eigenvalue weighted by atomic mass is 10.2. The minimum atomic E-state index is -4.43. The normalized spacial score (nSPS) is 13.2. The van der Waals surface area contributed by atoms with Gasteiger partial charge in [-0.15, -0.1) is 0 Å². The van der Waals surface area contributed by atoms with Crippen molar-refractivity contribution in [3.8, 4) is 0 Å². The first-order valence-corrected chi connectivity index (χ1v) is 5.32. The van der Waals surface area contributed by atoms with Crippen LogP contribution in [0, 0.1) is 0 Å². The molecule has 1 amide bonds. The number of rotatable bonds is 7. The number of amides is 1. The van der Waals surface area contributed by atoms with E-state index < -0.39 is 37.3 Å². The number of hydrogen-bond acceptors (Lipinski definition) is 3. The lowest BCUT2D eigenvalue weighted by Gasteiger charge is -2.23. The van der Waals surface area contributed by atoms with Crippen molar-refractivity contribution >= 4 is 11.9 Å². The number of ether oxygens (including phenoxy) is 1. The van der Waals surface area contributed by atoms with Gasteiger partial charge in [-0.2, -0.15) is 13.2 Å². The highest BCUT2D eigenvalue weighted by Gasteiger charge is 2.28. The minimum Gasteiger partial charge on any atom is -0.480 e. The van der Waals surface area contributed by atoms with E-state index in [0.717, 1.165) is 4.90 Å². The quantitative estimate of drug-likeness (QED) is 0.708. The highest BCUT2D eigenvalue weighted by molar-refractivity contribution is 5.83. The minimum absolute atomic E-state index is 0.223. The van der Waals surface area contributed by atoms with Crippen LogP contribution in [0.25, 0.3) is 0 Å². The van der Waals surface area contributed by atoms with Gasteiger partial charge in [0.25, 0.3) is 0 Å². The molecular formula is C10H16F3NO4. The Kier molecular flexibility index (Phi) is 6.67. The molecule has 18 heavy (non-hydrogen) atoms. The van der Waals surface area contributed by atoms with Gasteiger partial charge in [-0.3, -0.25) is 4.79 Å². The van der Waals surface area contributed by atoms with Crippen molar-refractivity contribution in [2.24, 2.45) is 0 Å². The van der Waals surface area contributed by atoms with E-state index in [1.54, 1.807) is 6.92 Å². The predicted molar refractivity (Wildman–Crippen MR) is 56.0 cm³/mol. The number of carbonyl (C=O) groups is 2. The van der Waals surface area contributed by atoms with Crippen molar-refractivity contribution in [3.05, 3.63) is 0 Å². The van der Waals surface area contributed by atoms with E-state index in [0.29, 0.717) is 0 Å². The zero-order valence-corrected chi connectivity index (χ0v) is 10.2. The van der Waals surface area contributed by atoms with Crippen molar-refractivity contribution in [2.45, 2.75) is 32.0 Å². The molecule has 8 heteroatoms. The molecule has 0 rings (SSSR count). The van der Waals surface area contributed by atoms with Crippen LogP contribution in [0.4, 0.5) is 13.2 Å². The average Bonchev–Trinajstić information content (AvgIpc) is 2.23. The molecule has 1 unspecified atom stereocenters. The first-order chi connectivity index (χ1) is 8.19. The topological polar surface area (TPSA) is 66.8 Å². The molecule has 1 N–H and O–H groups in total. The summed E-state index contributed by atoms with van der Waals surface area (Å²) in [4.78, 5) is 23.2. The second-order valence-corrected chi connectivity index (χ2v) is 3.68. The molecule has 0 saturated heterocycles. The summed E-state index contributed by atoms with van der Waals surface area (Å²) in [5.74, 6) is -1.71. The fraction of sp³-hybridized carbons (Fsp3) is 0.800. The van der Waals surface area contributed by atoms with Gasteiger partial charge in [-0.05, 0) is 6.42 Å². The van der Waals surface area contributed by atoms with E-state index in [4.69, 9.17) is 5.11 Å². The number of carbonyl (C=O) groups excluding carboxylic acids is 1. The number of halogens is 3. The summed E-state index contributed by atoms with van der Waals surface area (Å²) in [6.45, 7) is -0.207. The Morgan fingerprint density at radius 1 is 1.39 bits per heavy atom. The number of hydrogen-bond donors (Lipinski definition) is 1. The SMILES string of the molecule is CCC(C(=O)O)N(C)C(=O)CCOCC(F)(F)F. The van der Waals surface area contributed by atoms with Crippen LogP contribution in [-0.2, 0) is 14.3 Å². The van der Waals surface area contributed by atoms with E-state index in [-0.39, 0.29) is 12.8 Å². The molecule has 0 aliphatic heterocycles. The van der Waals surface area contributed by atoms with Crippen LogP contribution in [0.15, 0.2) is 0 Å². The Morgan fingerprint density at radius 2 is 1.94 bits per heavy atom. The van der Waals surface area contributed by atoms with Gasteiger partial charge in [0, 0.05) is 7.05 Å². The fourth-order valence-electron chi connectivity index (χ4n) is 1.31. The molecule has 0 fully saturated rings. The molecular weight excluding hydrogens is 255 g/mol. The standard InChI is InChI=1S/C10H16F3NO4/c1-3-7(9(16)17)14(2)8(15)4-5-18-6-10(11,12)13/h7H,3-6H2,1-2H3,(H,16,17). The molecule has 0 aromatic rings. The Morgan fingerprint density at radius 3 is 2.33 bits per heavy atom. The number of carboxylic acid groups (broad SMARTS) is 1. The van der Waals surface area contributed by atoms with Crippen molar-refractivity contribution in [1.82, 2.24) is 4.90 Å². The molecule has 1 atom stereocenters. The molecule has 0 spiro atoms. The largest absolute Gasteiger partial charge is 0.480 e. The molecule has 0 radical (unpaired) electrons. The van der Waals surface area contributed by atoms with Gasteiger partial charge in [0.2, 0.25) is 5.91 Å². The molecule has 0 aromatic heterocycles. The van der Waals surface area contributed by atoms with Crippen LogP contribution < -0.4 is 0 Å². The molecule has 106 valence electrons. The van der Waals surface area contributed by atoms with E-state index in [2.05, 4.69) is 4.74 Å². The third kappa shape index (κ3) is 6.43.